The van der Waals surface area contributed by atoms with Gasteiger partial charge in [-0.3, -0.25) is 4.90 Å². The Morgan fingerprint density at radius 3 is 2.12 bits per heavy atom. The van der Waals surface area contributed by atoms with Crippen molar-refractivity contribution in [2.45, 2.75) is 26.2 Å². The minimum atomic E-state index is 1.23. The molecule has 0 bridgehead atoms. The monoisotopic (exact) mass is 111 g/mol. The predicted molar refractivity (Wildman–Crippen MR) is 34.3 cm³/mol. The molecule has 0 atom stereocenters. The summed E-state index contributed by atoms with van der Waals surface area (Å²) >= 11 is 0. The zero-order valence-electron chi connectivity index (χ0n) is 5.48. The molecule has 0 N–H and O–H groups in total. The molecular formula is C7H13N. The van der Waals surface area contributed by atoms with Crippen molar-refractivity contribution in [2.24, 2.45) is 0 Å². The number of piperidine rings is 1. The molecule has 1 aliphatic heterocycles. The van der Waals surface area contributed by atoms with Crippen LogP contribution in [0.15, 0.2) is 0 Å². The van der Waals surface area contributed by atoms with Gasteiger partial charge in [0.25, 0.3) is 0 Å². The van der Waals surface area contributed by atoms with Crippen LogP contribution in [0.2, 0.25) is 0 Å². The van der Waals surface area contributed by atoms with Crippen molar-refractivity contribution in [3.63, 3.8) is 0 Å². The normalized spacial score (nSPS) is 23.6. The largest absolute Gasteiger partial charge is 0.294 e. The standard InChI is InChI=1S/C7H13N/c1-2-8-6-4-3-5-7-8/h3-7H2,1H3. The zero-order valence-corrected chi connectivity index (χ0v) is 5.48. The Balaban J connectivity index is 2.13. The number of rotatable bonds is 1. The van der Waals surface area contributed by atoms with Gasteiger partial charge in [0.15, 0.2) is 0 Å². The predicted octanol–water partition coefficient (Wildman–Crippen LogP) is 1.53. The molecule has 0 aliphatic carbocycles. The molecule has 0 aromatic rings. The summed E-state index contributed by atoms with van der Waals surface area (Å²) in [6, 6.07) is 0. The van der Waals surface area contributed by atoms with Crippen LogP contribution in [0.25, 0.3) is 0 Å². The van der Waals surface area contributed by atoms with E-state index in [0.29, 0.717) is 0 Å². The van der Waals surface area contributed by atoms with Gasteiger partial charge < -0.3 is 0 Å². The summed E-state index contributed by atoms with van der Waals surface area (Å²) in [6.45, 7) is 7.59. The van der Waals surface area contributed by atoms with Crippen molar-refractivity contribution < 1.29 is 0 Å². The third-order valence-corrected chi connectivity index (χ3v) is 1.67. The third kappa shape index (κ3) is 1.48. The Labute approximate surface area is 51.7 Å². The summed E-state index contributed by atoms with van der Waals surface area (Å²) < 4.78 is 0. The molecule has 0 saturated carbocycles. The third-order valence-electron chi connectivity index (χ3n) is 1.67. The number of hydrogen-bond donors (Lipinski definition) is 0. The van der Waals surface area contributed by atoms with E-state index in [1.807, 2.05) is 6.92 Å². The van der Waals surface area contributed by atoms with Crippen LogP contribution in [0, 0.1) is 6.54 Å². The zero-order chi connectivity index (χ0) is 5.82. The van der Waals surface area contributed by atoms with Gasteiger partial charge in [-0.25, -0.2) is 0 Å². The molecule has 1 saturated heterocycles. The van der Waals surface area contributed by atoms with E-state index in [9.17, 15) is 0 Å². The van der Waals surface area contributed by atoms with Gasteiger partial charge in [0.1, 0.15) is 0 Å². The molecule has 1 rings (SSSR count). The molecule has 1 heteroatoms. The maximum absolute atomic E-state index is 3.14. The van der Waals surface area contributed by atoms with Crippen LogP contribution in [0.4, 0.5) is 0 Å². The minimum absolute atomic E-state index is 1.23. The van der Waals surface area contributed by atoms with E-state index in [1.54, 1.807) is 0 Å². The molecule has 0 amide bonds. The average Bonchev–Trinajstić information content (AvgIpc) is 1.90. The minimum Gasteiger partial charge on any atom is -0.294 e. The number of hydrogen-bond acceptors (Lipinski definition) is 1. The van der Waals surface area contributed by atoms with Crippen molar-refractivity contribution in [2.75, 3.05) is 13.1 Å². The van der Waals surface area contributed by atoms with Crippen LogP contribution in [0.3, 0.4) is 0 Å². The van der Waals surface area contributed by atoms with Crippen molar-refractivity contribution in [1.82, 2.24) is 4.90 Å². The van der Waals surface area contributed by atoms with Gasteiger partial charge in [-0.1, -0.05) is 6.42 Å². The lowest BCUT2D eigenvalue weighted by Crippen LogP contribution is -2.25. The van der Waals surface area contributed by atoms with Gasteiger partial charge in [0.2, 0.25) is 0 Å². The molecule has 0 spiro atoms. The molecule has 46 valence electrons. The van der Waals surface area contributed by atoms with Gasteiger partial charge in [0, 0.05) is 0 Å². The molecule has 1 fully saturated rings. The van der Waals surface area contributed by atoms with E-state index < -0.39 is 0 Å². The highest BCUT2D eigenvalue weighted by atomic mass is 15.1. The first kappa shape index (κ1) is 6.09. The van der Waals surface area contributed by atoms with E-state index in [0.717, 1.165) is 0 Å². The van der Waals surface area contributed by atoms with E-state index in [1.165, 1.54) is 32.4 Å². The second kappa shape index (κ2) is 3.08. The van der Waals surface area contributed by atoms with Crippen LogP contribution in [-0.2, 0) is 0 Å². The summed E-state index contributed by atoms with van der Waals surface area (Å²) in [5.74, 6) is 0. The van der Waals surface area contributed by atoms with Crippen LogP contribution in [0.5, 0.6) is 0 Å². The average molecular weight is 111 g/mol. The Bertz CT molecular complexity index is 55.4. The Morgan fingerprint density at radius 1 is 1.12 bits per heavy atom. The fourth-order valence-corrected chi connectivity index (χ4v) is 1.12. The van der Waals surface area contributed by atoms with Gasteiger partial charge in [-0.15, -0.1) is 0 Å². The molecule has 1 aliphatic rings. The molecule has 1 nitrogen and oxygen atoms in total. The molecule has 0 unspecified atom stereocenters. The smallest absolute Gasteiger partial charge is 0.0581 e. The second-order valence-corrected chi connectivity index (χ2v) is 2.27. The number of nitrogens with zero attached hydrogens (tertiary/aromatic N) is 1. The lowest BCUT2D eigenvalue weighted by Gasteiger charge is -2.23. The highest BCUT2D eigenvalue weighted by Gasteiger charge is 2.06. The highest BCUT2D eigenvalue weighted by Crippen LogP contribution is 2.08. The molecule has 0 aromatic carbocycles. The van der Waals surface area contributed by atoms with Crippen LogP contribution in [-0.4, -0.2) is 18.0 Å². The van der Waals surface area contributed by atoms with Crippen LogP contribution < -0.4 is 0 Å². The number of likely N-dealkylation sites (tertiary alicyclic amines) is 1. The molecule has 0 aromatic heterocycles. The Hall–Kier alpha value is -0.0400. The van der Waals surface area contributed by atoms with Gasteiger partial charge in [-0.2, -0.15) is 0 Å². The van der Waals surface area contributed by atoms with E-state index in [4.69, 9.17) is 0 Å². The maximum atomic E-state index is 3.14. The molecule has 2 radical (unpaired) electrons. The lowest BCUT2D eigenvalue weighted by atomic mass is 10.1. The SMILES string of the molecule is C[C]N1CCCCC1. The first-order chi connectivity index (χ1) is 3.93. The fourth-order valence-electron chi connectivity index (χ4n) is 1.12. The summed E-state index contributed by atoms with van der Waals surface area (Å²) in [5.41, 5.74) is 0. The van der Waals surface area contributed by atoms with Crippen molar-refractivity contribution in [3.05, 3.63) is 6.54 Å². The topological polar surface area (TPSA) is 3.24 Å². The summed E-state index contributed by atoms with van der Waals surface area (Å²) in [4.78, 5) is 2.27. The lowest BCUT2D eigenvalue weighted by molar-refractivity contribution is 0.280. The van der Waals surface area contributed by atoms with E-state index in [-0.39, 0.29) is 0 Å². The molecule has 1 heterocycles. The summed E-state index contributed by atoms with van der Waals surface area (Å²) in [6.07, 6.45) is 4.14. The first-order valence-electron chi connectivity index (χ1n) is 3.36. The van der Waals surface area contributed by atoms with Crippen LogP contribution >= 0.6 is 0 Å². The second-order valence-electron chi connectivity index (χ2n) is 2.27. The maximum Gasteiger partial charge on any atom is 0.0581 e. The van der Waals surface area contributed by atoms with Crippen molar-refractivity contribution in [1.29, 1.82) is 0 Å². The van der Waals surface area contributed by atoms with Crippen molar-refractivity contribution in [3.8, 4) is 0 Å². The summed E-state index contributed by atoms with van der Waals surface area (Å²) in [5, 5.41) is 0. The van der Waals surface area contributed by atoms with Crippen LogP contribution in [0.1, 0.15) is 26.2 Å². The van der Waals surface area contributed by atoms with E-state index in [2.05, 4.69) is 11.4 Å². The molecular weight excluding hydrogens is 98.1 g/mol. The van der Waals surface area contributed by atoms with Gasteiger partial charge >= 0.3 is 0 Å². The molecule has 8 heavy (non-hydrogen) atoms. The summed E-state index contributed by atoms with van der Waals surface area (Å²) in [7, 11) is 0. The quantitative estimate of drug-likeness (QED) is 0.496. The van der Waals surface area contributed by atoms with Gasteiger partial charge in [-0.05, 0) is 32.9 Å². The van der Waals surface area contributed by atoms with Gasteiger partial charge in [0.05, 0.1) is 6.54 Å². The fraction of sp³-hybridized carbons (Fsp3) is 0.857. The van der Waals surface area contributed by atoms with Crippen molar-refractivity contribution >= 4 is 0 Å². The Kier molecular flexibility index (Phi) is 2.34. The van der Waals surface area contributed by atoms with E-state index >= 15 is 0 Å². The first-order valence-corrected chi connectivity index (χ1v) is 3.36. The highest BCUT2D eigenvalue weighted by molar-refractivity contribution is 4.67. The Morgan fingerprint density at radius 2 is 1.75 bits per heavy atom.